The van der Waals surface area contributed by atoms with Gasteiger partial charge in [0.2, 0.25) is 0 Å². The van der Waals surface area contributed by atoms with Crippen LogP contribution in [0.2, 0.25) is 0 Å². The molecule has 2 amide bonds. The zero-order chi connectivity index (χ0) is 19.2. The van der Waals surface area contributed by atoms with E-state index in [4.69, 9.17) is 4.74 Å². The van der Waals surface area contributed by atoms with Crippen molar-refractivity contribution in [2.24, 2.45) is 0 Å². The molecule has 0 saturated carbocycles. The number of nitrogens with one attached hydrogen (secondary N) is 2. The van der Waals surface area contributed by atoms with Crippen LogP contribution in [0.15, 0.2) is 48.5 Å². The maximum absolute atomic E-state index is 13.0. The van der Waals surface area contributed by atoms with Crippen molar-refractivity contribution < 1.29 is 14.3 Å². The third kappa shape index (κ3) is 2.89. The van der Waals surface area contributed by atoms with E-state index < -0.39 is 17.4 Å². The topological polar surface area (TPSA) is 80.3 Å². The van der Waals surface area contributed by atoms with E-state index in [0.717, 1.165) is 22.2 Å². The lowest BCUT2D eigenvalue weighted by Crippen LogP contribution is -2.56. The monoisotopic (exact) mass is 361 g/mol. The standard InChI is InChI=1S/C21H19N3O3/c1-12-8-9-18-17(10-12)24-20(26)21(3,27-18)19(25)23-16-11-13(2)22-15-7-5-4-6-14(15)16/h4-11H,1-3H3,(H,24,26)(H,22,23,25). The van der Waals surface area contributed by atoms with Crippen molar-refractivity contribution in [2.45, 2.75) is 26.4 Å². The highest BCUT2D eigenvalue weighted by Crippen LogP contribution is 2.35. The molecule has 1 aliphatic rings. The van der Waals surface area contributed by atoms with E-state index in [2.05, 4.69) is 15.6 Å². The van der Waals surface area contributed by atoms with Gasteiger partial charge in [-0.3, -0.25) is 14.6 Å². The quantitative estimate of drug-likeness (QED) is 0.684. The van der Waals surface area contributed by atoms with E-state index in [1.54, 1.807) is 12.1 Å². The molecule has 2 N–H and O–H groups in total. The maximum Gasteiger partial charge on any atom is 0.278 e. The summed E-state index contributed by atoms with van der Waals surface area (Å²) >= 11 is 0. The van der Waals surface area contributed by atoms with Gasteiger partial charge in [0.05, 0.1) is 16.9 Å². The highest BCUT2D eigenvalue weighted by Gasteiger charge is 2.47. The Kier molecular flexibility index (Phi) is 3.84. The molecule has 0 bridgehead atoms. The second-order valence-corrected chi connectivity index (χ2v) is 6.87. The molecular weight excluding hydrogens is 342 g/mol. The van der Waals surface area contributed by atoms with Gasteiger partial charge in [-0.1, -0.05) is 24.3 Å². The first-order valence-corrected chi connectivity index (χ1v) is 8.66. The lowest BCUT2D eigenvalue weighted by molar-refractivity contribution is -0.143. The van der Waals surface area contributed by atoms with Gasteiger partial charge in [0.15, 0.2) is 0 Å². The largest absolute Gasteiger partial charge is 0.466 e. The molecule has 27 heavy (non-hydrogen) atoms. The number of ether oxygens (including phenoxy) is 1. The van der Waals surface area contributed by atoms with E-state index in [9.17, 15) is 9.59 Å². The number of hydrogen-bond acceptors (Lipinski definition) is 4. The molecule has 1 aromatic heterocycles. The van der Waals surface area contributed by atoms with Crippen LogP contribution in [0.5, 0.6) is 5.75 Å². The minimum Gasteiger partial charge on any atom is -0.466 e. The van der Waals surface area contributed by atoms with Gasteiger partial charge in [0, 0.05) is 11.1 Å². The summed E-state index contributed by atoms with van der Waals surface area (Å²) in [5.74, 6) is -0.580. The van der Waals surface area contributed by atoms with Crippen molar-refractivity contribution in [2.75, 3.05) is 10.6 Å². The normalized spacial score (nSPS) is 18.4. The summed E-state index contributed by atoms with van der Waals surface area (Å²) in [7, 11) is 0. The molecular formula is C21H19N3O3. The Labute approximate surface area is 156 Å². The van der Waals surface area contributed by atoms with E-state index in [1.807, 2.05) is 50.2 Å². The van der Waals surface area contributed by atoms with Gasteiger partial charge in [-0.15, -0.1) is 0 Å². The van der Waals surface area contributed by atoms with Gasteiger partial charge in [-0.2, -0.15) is 0 Å². The van der Waals surface area contributed by atoms with Crippen molar-refractivity contribution >= 4 is 34.1 Å². The molecule has 2 heterocycles. The van der Waals surface area contributed by atoms with Crippen LogP contribution in [0.1, 0.15) is 18.2 Å². The summed E-state index contributed by atoms with van der Waals surface area (Å²) in [5.41, 5.74) is 2.01. The predicted octanol–water partition coefficient (Wildman–Crippen LogP) is 3.58. The Bertz CT molecular complexity index is 1090. The number of aryl methyl sites for hydroxylation is 2. The SMILES string of the molecule is Cc1ccc2c(c1)NC(=O)C(C)(C(=O)Nc1cc(C)nc3ccccc13)O2. The lowest BCUT2D eigenvalue weighted by atomic mass is 10.0. The number of nitrogens with zero attached hydrogens (tertiary/aromatic N) is 1. The molecule has 6 nitrogen and oxygen atoms in total. The highest BCUT2D eigenvalue weighted by atomic mass is 16.5. The van der Waals surface area contributed by atoms with Crippen molar-refractivity contribution in [3.8, 4) is 5.75 Å². The van der Waals surface area contributed by atoms with Crippen LogP contribution in [-0.2, 0) is 9.59 Å². The number of carbonyl (C=O) groups excluding carboxylic acids is 2. The maximum atomic E-state index is 13.0. The minimum atomic E-state index is -1.68. The number of aromatic nitrogens is 1. The van der Waals surface area contributed by atoms with Crippen molar-refractivity contribution in [3.63, 3.8) is 0 Å². The molecule has 1 atom stereocenters. The molecule has 2 aromatic carbocycles. The Morgan fingerprint density at radius 1 is 1.15 bits per heavy atom. The summed E-state index contributed by atoms with van der Waals surface area (Å²) in [4.78, 5) is 30.1. The summed E-state index contributed by atoms with van der Waals surface area (Å²) in [6, 6.07) is 14.7. The van der Waals surface area contributed by atoms with Gasteiger partial charge < -0.3 is 15.4 Å². The number of fused-ring (bicyclic) bond motifs is 2. The van der Waals surface area contributed by atoms with Crippen LogP contribution < -0.4 is 15.4 Å². The first-order valence-electron chi connectivity index (χ1n) is 8.66. The van der Waals surface area contributed by atoms with Crippen LogP contribution >= 0.6 is 0 Å². The zero-order valence-electron chi connectivity index (χ0n) is 15.3. The van der Waals surface area contributed by atoms with Gasteiger partial charge in [-0.05, 0) is 50.6 Å². The fourth-order valence-electron chi connectivity index (χ4n) is 3.14. The molecule has 1 aliphatic heterocycles. The number of amides is 2. The molecule has 6 heteroatoms. The van der Waals surface area contributed by atoms with E-state index >= 15 is 0 Å². The number of benzene rings is 2. The zero-order valence-corrected chi connectivity index (χ0v) is 15.3. The molecule has 0 saturated heterocycles. The average Bonchev–Trinajstić information content (AvgIpc) is 2.63. The van der Waals surface area contributed by atoms with Gasteiger partial charge in [-0.25, -0.2) is 0 Å². The smallest absolute Gasteiger partial charge is 0.278 e. The Morgan fingerprint density at radius 3 is 2.74 bits per heavy atom. The molecule has 4 rings (SSSR count). The number of carbonyl (C=O) groups is 2. The number of pyridine rings is 1. The van der Waals surface area contributed by atoms with Gasteiger partial charge in [0.1, 0.15) is 5.75 Å². The summed E-state index contributed by atoms with van der Waals surface area (Å²) in [6.07, 6.45) is 0. The molecule has 0 fully saturated rings. The Morgan fingerprint density at radius 2 is 1.93 bits per heavy atom. The van der Waals surface area contributed by atoms with E-state index in [-0.39, 0.29) is 0 Å². The fraction of sp³-hybridized carbons (Fsp3) is 0.190. The van der Waals surface area contributed by atoms with Crippen LogP contribution in [-0.4, -0.2) is 22.4 Å². The number of anilines is 2. The van der Waals surface area contributed by atoms with Crippen LogP contribution in [0.3, 0.4) is 0 Å². The summed E-state index contributed by atoms with van der Waals surface area (Å²) < 4.78 is 5.82. The van der Waals surface area contributed by atoms with Crippen molar-refractivity contribution in [1.29, 1.82) is 0 Å². The van der Waals surface area contributed by atoms with Gasteiger partial charge in [0.25, 0.3) is 17.4 Å². The van der Waals surface area contributed by atoms with E-state index in [1.165, 1.54) is 6.92 Å². The highest BCUT2D eigenvalue weighted by molar-refractivity contribution is 6.20. The van der Waals surface area contributed by atoms with Gasteiger partial charge >= 0.3 is 0 Å². The minimum absolute atomic E-state index is 0.466. The second-order valence-electron chi connectivity index (χ2n) is 6.87. The fourth-order valence-corrected chi connectivity index (χ4v) is 3.14. The molecule has 0 radical (unpaired) electrons. The summed E-state index contributed by atoms with van der Waals surface area (Å²) in [5, 5.41) is 6.41. The molecule has 3 aromatic rings. The number of hydrogen-bond donors (Lipinski definition) is 2. The second kappa shape index (κ2) is 6.09. The number of para-hydroxylation sites is 1. The third-order valence-corrected chi connectivity index (χ3v) is 4.66. The third-order valence-electron chi connectivity index (χ3n) is 4.66. The molecule has 1 unspecified atom stereocenters. The molecule has 0 spiro atoms. The summed E-state index contributed by atoms with van der Waals surface area (Å²) in [6.45, 7) is 5.24. The average molecular weight is 361 g/mol. The predicted molar refractivity (Wildman–Crippen MR) is 104 cm³/mol. The lowest BCUT2D eigenvalue weighted by Gasteiger charge is -2.33. The Balaban J connectivity index is 1.69. The first-order chi connectivity index (χ1) is 12.9. The molecule has 136 valence electrons. The van der Waals surface area contributed by atoms with Crippen LogP contribution in [0, 0.1) is 13.8 Å². The first kappa shape index (κ1) is 17.0. The Hall–Kier alpha value is -3.41. The van der Waals surface area contributed by atoms with E-state index in [0.29, 0.717) is 17.1 Å². The van der Waals surface area contributed by atoms with Crippen LogP contribution in [0.4, 0.5) is 11.4 Å². The molecule has 0 aliphatic carbocycles. The van der Waals surface area contributed by atoms with Crippen LogP contribution in [0.25, 0.3) is 10.9 Å². The number of rotatable bonds is 2. The van der Waals surface area contributed by atoms with Crippen molar-refractivity contribution in [3.05, 3.63) is 59.8 Å². The van der Waals surface area contributed by atoms with Crippen molar-refractivity contribution in [1.82, 2.24) is 4.98 Å².